The van der Waals surface area contributed by atoms with Gasteiger partial charge in [0.15, 0.2) is 0 Å². The van der Waals surface area contributed by atoms with Gasteiger partial charge in [0.25, 0.3) is 0 Å². The largest absolute Gasteiger partial charge is 0.391 e. The zero-order valence-electron chi connectivity index (χ0n) is 20.3. The molecule has 0 bridgehead atoms. The molecule has 0 aromatic carbocycles. The Balaban J connectivity index is 4.16. The van der Waals surface area contributed by atoms with Gasteiger partial charge in [-0.15, -0.1) is 0 Å². The van der Waals surface area contributed by atoms with Gasteiger partial charge in [0.1, 0.15) is 0 Å². The van der Waals surface area contributed by atoms with Crippen LogP contribution in [-0.4, -0.2) is 24.1 Å². The molecule has 0 aliphatic carbocycles. The molecule has 30 heavy (non-hydrogen) atoms. The number of rotatable bonds is 18. The van der Waals surface area contributed by atoms with E-state index in [1.807, 2.05) is 11.8 Å². The Morgan fingerprint density at radius 1 is 0.900 bits per heavy atom. The van der Waals surface area contributed by atoms with Crippen LogP contribution in [0.3, 0.4) is 0 Å². The topological polar surface area (TPSA) is 24.1 Å². The number of thioether (sulfide) groups is 1. The maximum atomic E-state index is 4.17. The molecule has 0 amide bonds. The molecule has 170 valence electrons. The van der Waals surface area contributed by atoms with Gasteiger partial charge in [0, 0.05) is 23.7 Å². The van der Waals surface area contributed by atoms with Gasteiger partial charge in [-0.3, -0.25) is 0 Å². The average molecular weight is 431 g/mol. The molecular weight excluding hydrogens is 384 g/mol. The van der Waals surface area contributed by atoms with Crippen LogP contribution in [0.4, 0.5) is 0 Å². The Kier molecular flexibility index (Phi) is 17.2. The van der Waals surface area contributed by atoms with Gasteiger partial charge in [-0.05, 0) is 79.3 Å². The summed E-state index contributed by atoms with van der Waals surface area (Å²) in [6.45, 7) is 23.9. The summed E-state index contributed by atoms with van der Waals surface area (Å²) in [5.74, 6) is 2.07. The van der Waals surface area contributed by atoms with Crippen LogP contribution in [0.15, 0.2) is 72.2 Å². The van der Waals surface area contributed by atoms with Crippen molar-refractivity contribution in [3.05, 3.63) is 72.2 Å². The molecule has 0 aliphatic rings. The normalized spacial score (nSPS) is 12.8. The third-order valence-corrected chi connectivity index (χ3v) is 5.85. The third-order valence-electron chi connectivity index (χ3n) is 4.87. The Morgan fingerprint density at radius 3 is 2.13 bits per heavy atom. The van der Waals surface area contributed by atoms with E-state index in [9.17, 15) is 0 Å². The monoisotopic (exact) mass is 430 g/mol. The lowest BCUT2D eigenvalue weighted by atomic mass is 10.1. The van der Waals surface area contributed by atoms with E-state index >= 15 is 0 Å². The highest BCUT2D eigenvalue weighted by Gasteiger charge is 2.09. The number of nitrogens with one attached hydrogen (secondary N) is 2. The van der Waals surface area contributed by atoms with Gasteiger partial charge in [-0.25, -0.2) is 0 Å². The number of hydrogen-bond acceptors (Lipinski definition) is 3. The number of allylic oxidation sites excluding steroid dienone is 6. The molecule has 2 nitrogen and oxygen atoms in total. The quantitative estimate of drug-likeness (QED) is 0.172. The van der Waals surface area contributed by atoms with E-state index in [1.165, 1.54) is 28.7 Å². The second kappa shape index (κ2) is 18.2. The summed E-state index contributed by atoms with van der Waals surface area (Å²) in [5, 5.41) is 6.68. The molecule has 0 saturated carbocycles. The minimum absolute atomic E-state index is 0.287. The van der Waals surface area contributed by atoms with E-state index in [0.29, 0.717) is 0 Å². The van der Waals surface area contributed by atoms with Crippen LogP contribution in [0, 0.1) is 0 Å². The van der Waals surface area contributed by atoms with Crippen molar-refractivity contribution in [1.82, 2.24) is 10.6 Å². The molecule has 0 saturated heterocycles. The molecule has 0 heterocycles. The first-order chi connectivity index (χ1) is 14.3. The van der Waals surface area contributed by atoms with Crippen LogP contribution in [0.25, 0.3) is 0 Å². The molecule has 1 unspecified atom stereocenters. The van der Waals surface area contributed by atoms with Gasteiger partial charge in [-0.1, -0.05) is 60.3 Å². The van der Waals surface area contributed by atoms with Gasteiger partial charge >= 0.3 is 0 Å². The average Bonchev–Trinajstić information content (AvgIpc) is 2.67. The summed E-state index contributed by atoms with van der Waals surface area (Å²) in [6, 6.07) is 0.287. The summed E-state index contributed by atoms with van der Waals surface area (Å²) >= 11 is 1.96. The van der Waals surface area contributed by atoms with E-state index in [4.69, 9.17) is 0 Å². The Hall–Kier alpha value is -1.61. The predicted octanol–water partition coefficient (Wildman–Crippen LogP) is 7.70. The van der Waals surface area contributed by atoms with E-state index in [0.717, 1.165) is 55.9 Å². The Bertz CT molecular complexity index is 606. The van der Waals surface area contributed by atoms with E-state index in [-0.39, 0.29) is 6.04 Å². The van der Waals surface area contributed by atoms with Crippen molar-refractivity contribution in [1.29, 1.82) is 0 Å². The van der Waals surface area contributed by atoms with Crippen LogP contribution in [0.1, 0.15) is 73.1 Å². The SMILES string of the molecule is C=CNCCCC(=C)NC(CSC/C=C(\C)CC/C=C(\C)CCC=C(C)C)C(=C)C. The zero-order chi connectivity index (χ0) is 22.8. The molecule has 0 rings (SSSR count). The molecule has 2 N–H and O–H groups in total. The predicted molar refractivity (Wildman–Crippen MR) is 141 cm³/mol. The fourth-order valence-corrected chi connectivity index (χ4v) is 4.00. The molecule has 0 aliphatic heterocycles. The first kappa shape index (κ1) is 28.4. The van der Waals surface area contributed by atoms with Gasteiger partial charge < -0.3 is 10.6 Å². The second-order valence-electron chi connectivity index (χ2n) is 8.41. The molecule has 0 radical (unpaired) electrons. The van der Waals surface area contributed by atoms with Gasteiger partial charge in [0.2, 0.25) is 0 Å². The maximum absolute atomic E-state index is 4.17. The lowest BCUT2D eigenvalue weighted by Crippen LogP contribution is -2.31. The van der Waals surface area contributed by atoms with Crippen LogP contribution >= 0.6 is 11.8 Å². The van der Waals surface area contributed by atoms with Crippen LogP contribution in [0.2, 0.25) is 0 Å². The highest BCUT2D eigenvalue weighted by atomic mass is 32.2. The smallest absolute Gasteiger partial charge is 0.0555 e. The van der Waals surface area contributed by atoms with E-state index in [1.54, 1.807) is 6.20 Å². The summed E-state index contributed by atoms with van der Waals surface area (Å²) in [5.41, 5.74) is 6.66. The first-order valence-electron chi connectivity index (χ1n) is 11.2. The fourth-order valence-electron chi connectivity index (χ4n) is 2.86. The fraction of sp³-hybridized carbons (Fsp3) is 0.556. The van der Waals surface area contributed by atoms with Crippen molar-refractivity contribution in [3.8, 4) is 0 Å². The third kappa shape index (κ3) is 17.3. The van der Waals surface area contributed by atoms with E-state index in [2.05, 4.69) is 83.2 Å². The Labute approximate surface area is 191 Å². The first-order valence-corrected chi connectivity index (χ1v) is 12.4. The zero-order valence-corrected chi connectivity index (χ0v) is 21.1. The lowest BCUT2D eigenvalue weighted by Gasteiger charge is -2.21. The second-order valence-corrected chi connectivity index (χ2v) is 9.48. The maximum Gasteiger partial charge on any atom is 0.0555 e. The minimum Gasteiger partial charge on any atom is -0.391 e. The molecule has 1 atom stereocenters. The van der Waals surface area contributed by atoms with Crippen molar-refractivity contribution in [3.63, 3.8) is 0 Å². The Morgan fingerprint density at radius 2 is 1.53 bits per heavy atom. The van der Waals surface area contributed by atoms with Crippen molar-refractivity contribution in [2.24, 2.45) is 0 Å². The highest BCUT2D eigenvalue weighted by molar-refractivity contribution is 7.99. The van der Waals surface area contributed by atoms with Crippen LogP contribution < -0.4 is 10.6 Å². The van der Waals surface area contributed by atoms with Crippen LogP contribution in [-0.2, 0) is 0 Å². The molecule has 0 aromatic rings. The van der Waals surface area contributed by atoms with Crippen molar-refractivity contribution in [2.75, 3.05) is 18.1 Å². The van der Waals surface area contributed by atoms with Crippen molar-refractivity contribution in [2.45, 2.75) is 79.2 Å². The minimum atomic E-state index is 0.287. The van der Waals surface area contributed by atoms with Crippen LogP contribution in [0.5, 0.6) is 0 Å². The van der Waals surface area contributed by atoms with Gasteiger partial charge in [-0.2, -0.15) is 11.8 Å². The highest BCUT2D eigenvalue weighted by Crippen LogP contribution is 2.15. The molecule has 0 spiro atoms. The summed E-state index contributed by atoms with van der Waals surface area (Å²) in [4.78, 5) is 0. The molecule has 0 fully saturated rings. The molecular formula is C27H46N2S. The van der Waals surface area contributed by atoms with E-state index < -0.39 is 0 Å². The summed E-state index contributed by atoms with van der Waals surface area (Å²) in [7, 11) is 0. The summed E-state index contributed by atoms with van der Waals surface area (Å²) in [6.07, 6.45) is 15.5. The number of hydrogen-bond donors (Lipinski definition) is 2. The summed E-state index contributed by atoms with van der Waals surface area (Å²) < 4.78 is 0. The van der Waals surface area contributed by atoms with Gasteiger partial charge in [0.05, 0.1) is 6.04 Å². The van der Waals surface area contributed by atoms with Crippen molar-refractivity contribution >= 4 is 11.8 Å². The van der Waals surface area contributed by atoms with Crippen molar-refractivity contribution < 1.29 is 0 Å². The lowest BCUT2D eigenvalue weighted by molar-refractivity contribution is 0.646. The standard InChI is InChI=1S/C27H46N2S/c1-9-28-19-12-17-26(8)29-27(23(4)5)21-30-20-18-25(7)16-11-15-24(6)14-10-13-22(2)3/h9,13,15,18,27-29H,1,4,8,10-12,14,16-17,19-21H2,2-3,5-7H3/b24-15+,25-18+. The molecule has 3 heteroatoms. The molecule has 0 aromatic heterocycles.